The number of carbonyl (C=O) groups excluding carboxylic acids is 1. The van der Waals surface area contributed by atoms with Crippen molar-refractivity contribution in [3.8, 4) is 0 Å². The molecule has 1 amide bonds. The molecule has 1 heterocycles. The van der Waals surface area contributed by atoms with E-state index in [-0.39, 0.29) is 17.3 Å². The lowest BCUT2D eigenvalue weighted by molar-refractivity contribution is 0.0938. The Hall–Kier alpha value is -1.09. The van der Waals surface area contributed by atoms with Gasteiger partial charge in [-0.1, -0.05) is 0 Å². The van der Waals surface area contributed by atoms with Crippen LogP contribution >= 0.6 is 11.6 Å². The molecule has 0 bridgehead atoms. The zero-order chi connectivity index (χ0) is 11.5. The third-order valence-electron chi connectivity index (χ3n) is 2.89. The smallest absolute Gasteiger partial charge is 0.253 e. The Morgan fingerprint density at radius 1 is 1.50 bits per heavy atom. The van der Waals surface area contributed by atoms with Crippen LogP contribution in [0.3, 0.4) is 0 Å². The first kappa shape index (κ1) is 11.4. The molecule has 1 aliphatic carbocycles. The molecule has 0 aliphatic heterocycles. The first-order valence-corrected chi connectivity index (χ1v) is 5.97. The van der Waals surface area contributed by atoms with E-state index >= 15 is 0 Å². The van der Waals surface area contributed by atoms with Gasteiger partial charge in [-0.3, -0.25) is 9.78 Å². The Labute approximate surface area is 100 Å². The Morgan fingerprint density at radius 3 is 2.94 bits per heavy atom. The molecule has 0 saturated heterocycles. The molecule has 1 aliphatic rings. The van der Waals surface area contributed by atoms with Crippen molar-refractivity contribution in [1.29, 1.82) is 0 Å². The van der Waals surface area contributed by atoms with Crippen LogP contribution in [-0.2, 0) is 0 Å². The van der Waals surface area contributed by atoms with Gasteiger partial charge in [-0.2, -0.15) is 0 Å². The fourth-order valence-corrected chi connectivity index (χ4v) is 2.35. The maximum Gasteiger partial charge on any atom is 0.253 e. The van der Waals surface area contributed by atoms with E-state index in [1.54, 1.807) is 12.4 Å². The lowest BCUT2D eigenvalue weighted by Crippen LogP contribution is -2.37. The Bertz CT molecular complexity index is 394. The Balaban J connectivity index is 2.03. The zero-order valence-electron chi connectivity index (χ0n) is 9.24. The lowest BCUT2D eigenvalue weighted by Gasteiger charge is -2.15. The van der Waals surface area contributed by atoms with Crippen molar-refractivity contribution in [1.82, 2.24) is 10.3 Å². The molecular weight excluding hydrogens is 224 g/mol. The van der Waals surface area contributed by atoms with Gasteiger partial charge in [0, 0.05) is 18.4 Å². The summed E-state index contributed by atoms with van der Waals surface area (Å²) >= 11 is 6.11. The van der Waals surface area contributed by atoms with E-state index in [1.165, 1.54) is 0 Å². The zero-order valence-corrected chi connectivity index (χ0v) is 10.00. The Kier molecular flexibility index (Phi) is 3.44. The summed E-state index contributed by atoms with van der Waals surface area (Å²) in [7, 11) is 0. The molecule has 0 radical (unpaired) electrons. The highest BCUT2D eigenvalue weighted by atomic mass is 35.5. The quantitative estimate of drug-likeness (QED) is 0.804. The van der Waals surface area contributed by atoms with E-state index < -0.39 is 0 Å². The standard InChI is InChI=1S/C12H15ClN2O/c1-8-5-9(7-14-6-8)12(16)15-11-4-2-3-10(11)13/h5-7,10-11H,2-4H2,1H3,(H,15,16). The number of hydrogen-bond donors (Lipinski definition) is 1. The number of aromatic nitrogens is 1. The number of alkyl halides is 1. The molecule has 2 rings (SSSR count). The molecule has 1 aromatic rings. The third kappa shape index (κ3) is 2.53. The third-order valence-corrected chi connectivity index (χ3v) is 3.41. The van der Waals surface area contributed by atoms with Gasteiger partial charge in [0.1, 0.15) is 0 Å². The molecule has 16 heavy (non-hydrogen) atoms. The highest BCUT2D eigenvalue weighted by molar-refractivity contribution is 6.21. The van der Waals surface area contributed by atoms with Crippen molar-refractivity contribution in [2.45, 2.75) is 37.6 Å². The van der Waals surface area contributed by atoms with Gasteiger partial charge < -0.3 is 5.32 Å². The number of amides is 1. The predicted octanol–water partition coefficient (Wildman–Crippen LogP) is 2.28. The molecule has 4 heteroatoms. The van der Waals surface area contributed by atoms with Crippen molar-refractivity contribution in [3.05, 3.63) is 29.6 Å². The number of nitrogens with zero attached hydrogens (tertiary/aromatic N) is 1. The minimum absolute atomic E-state index is 0.0710. The normalized spacial score (nSPS) is 24.4. The van der Waals surface area contributed by atoms with Crippen molar-refractivity contribution >= 4 is 17.5 Å². The van der Waals surface area contributed by atoms with Gasteiger partial charge in [0.25, 0.3) is 5.91 Å². The van der Waals surface area contributed by atoms with Crippen molar-refractivity contribution < 1.29 is 4.79 Å². The highest BCUT2D eigenvalue weighted by Crippen LogP contribution is 2.24. The first-order chi connectivity index (χ1) is 7.66. The molecule has 1 aromatic heterocycles. The average molecular weight is 239 g/mol. The summed E-state index contributed by atoms with van der Waals surface area (Å²) < 4.78 is 0. The highest BCUT2D eigenvalue weighted by Gasteiger charge is 2.26. The van der Waals surface area contributed by atoms with E-state index in [4.69, 9.17) is 11.6 Å². The number of rotatable bonds is 2. The molecule has 2 unspecified atom stereocenters. The summed E-state index contributed by atoms with van der Waals surface area (Å²) in [5.41, 5.74) is 1.59. The van der Waals surface area contributed by atoms with Crippen LogP contribution in [0.15, 0.2) is 18.5 Å². The molecule has 3 nitrogen and oxygen atoms in total. The fourth-order valence-electron chi connectivity index (χ4n) is 2.01. The molecule has 86 valence electrons. The van der Waals surface area contributed by atoms with Crippen LogP contribution in [0.1, 0.15) is 35.2 Å². The van der Waals surface area contributed by atoms with E-state index in [9.17, 15) is 4.79 Å². The van der Waals surface area contributed by atoms with Crippen LogP contribution in [-0.4, -0.2) is 22.3 Å². The fraction of sp³-hybridized carbons (Fsp3) is 0.500. The summed E-state index contributed by atoms with van der Waals surface area (Å²) in [5.74, 6) is -0.0752. The SMILES string of the molecule is Cc1cncc(C(=O)NC2CCCC2Cl)c1. The molecule has 0 aromatic carbocycles. The predicted molar refractivity (Wildman–Crippen MR) is 63.7 cm³/mol. The van der Waals surface area contributed by atoms with Crippen molar-refractivity contribution in [2.75, 3.05) is 0 Å². The molecule has 1 N–H and O–H groups in total. The van der Waals surface area contributed by atoms with Gasteiger partial charge in [-0.05, 0) is 37.8 Å². The van der Waals surface area contributed by atoms with Gasteiger partial charge in [0.15, 0.2) is 0 Å². The van der Waals surface area contributed by atoms with Crippen molar-refractivity contribution in [2.24, 2.45) is 0 Å². The monoisotopic (exact) mass is 238 g/mol. The second-order valence-electron chi connectivity index (χ2n) is 4.28. The van der Waals surface area contributed by atoms with E-state index in [1.807, 2.05) is 13.0 Å². The number of nitrogens with one attached hydrogen (secondary N) is 1. The topological polar surface area (TPSA) is 42.0 Å². The minimum atomic E-state index is -0.0752. The maximum atomic E-state index is 11.9. The Morgan fingerprint density at radius 2 is 2.31 bits per heavy atom. The molecule has 1 fully saturated rings. The van der Waals surface area contributed by atoms with Crippen LogP contribution in [0.4, 0.5) is 0 Å². The van der Waals surface area contributed by atoms with E-state index in [0.29, 0.717) is 5.56 Å². The van der Waals surface area contributed by atoms with Crippen LogP contribution in [0.2, 0.25) is 0 Å². The largest absolute Gasteiger partial charge is 0.348 e. The minimum Gasteiger partial charge on any atom is -0.348 e. The number of aryl methyl sites for hydroxylation is 1. The number of pyridine rings is 1. The first-order valence-electron chi connectivity index (χ1n) is 5.53. The van der Waals surface area contributed by atoms with Gasteiger partial charge in [0.05, 0.1) is 10.9 Å². The molecular formula is C12H15ClN2O. The van der Waals surface area contributed by atoms with Crippen molar-refractivity contribution in [3.63, 3.8) is 0 Å². The van der Waals surface area contributed by atoms with Gasteiger partial charge in [0.2, 0.25) is 0 Å². The van der Waals surface area contributed by atoms with Crippen LogP contribution in [0.25, 0.3) is 0 Å². The summed E-state index contributed by atoms with van der Waals surface area (Å²) in [4.78, 5) is 15.9. The summed E-state index contributed by atoms with van der Waals surface area (Å²) in [6.45, 7) is 1.92. The summed E-state index contributed by atoms with van der Waals surface area (Å²) in [5, 5.41) is 3.03. The van der Waals surface area contributed by atoms with Crippen LogP contribution < -0.4 is 5.32 Å². The average Bonchev–Trinajstić information content (AvgIpc) is 2.64. The van der Waals surface area contributed by atoms with Gasteiger partial charge in [-0.15, -0.1) is 11.6 Å². The van der Waals surface area contributed by atoms with Gasteiger partial charge in [-0.25, -0.2) is 0 Å². The molecule has 1 saturated carbocycles. The molecule has 0 spiro atoms. The number of hydrogen-bond acceptors (Lipinski definition) is 2. The molecule has 2 atom stereocenters. The van der Waals surface area contributed by atoms with Gasteiger partial charge >= 0.3 is 0 Å². The van der Waals surface area contributed by atoms with Crippen LogP contribution in [0, 0.1) is 6.92 Å². The summed E-state index contributed by atoms with van der Waals surface area (Å²) in [6.07, 6.45) is 6.36. The second kappa shape index (κ2) is 4.83. The second-order valence-corrected chi connectivity index (χ2v) is 4.84. The number of carbonyl (C=O) groups is 1. The van der Waals surface area contributed by atoms with E-state index in [2.05, 4.69) is 10.3 Å². The lowest BCUT2D eigenvalue weighted by atomic mass is 10.2. The van der Waals surface area contributed by atoms with Crippen LogP contribution in [0.5, 0.6) is 0 Å². The summed E-state index contributed by atoms with van der Waals surface area (Å²) in [6, 6.07) is 1.94. The van der Waals surface area contributed by atoms with E-state index in [0.717, 1.165) is 24.8 Å². The maximum absolute atomic E-state index is 11.9. The number of halogens is 1.